The molecule has 3 aromatic heterocycles. The topological polar surface area (TPSA) is 141 Å². The van der Waals surface area contributed by atoms with Gasteiger partial charge in [-0.05, 0) is 18.2 Å². The van der Waals surface area contributed by atoms with Gasteiger partial charge in [-0.2, -0.15) is 15.6 Å². The highest BCUT2D eigenvalue weighted by molar-refractivity contribution is 7.16. The summed E-state index contributed by atoms with van der Waals surface area (Å²) in [7, 11) is 0. The first kappa shape index (κ1) is 20.7. The van der Waals surface area contributed by atoms with Crippen LogP contribution in [-0.2, 0) is 0 Å². The van der Waals surface area contributed by atoms with Crippen LogP contribution in [-0.4, -0.2) is 32.7 Å². The largest absolute Gasteiger partial charge is 0.382 e. The van der Waals surface area contributed by atoms with Crippen LogP contribution in [0.5, 0.6) is 0 Å². The summed E-state index contributed by atoms with van der Waals surface area (Å²) in [6.07, 6.45) is 1.70. The molecule has 0 amide bonds. The normalized spacial score (nSPS) is 10.6. The number of nitrogens with two attached hydrogens (primary N) is 1. The van der Waals surface area contributed by atoms with Crippen LogP contribution >= 0.6 is 34.5 Å². The van der Waals surface area contributed by atoms with Crippen molar-refractivity contribution in [2.45, 2.75) is 0 Å². The Balaban J connectivity index is 1.58. The van der Waals surface area contributed by atoms with Gasteiger partial charge in [-0.25, -0.2) is 14.5 Å². The number of nitriles is 2. The summed E-state index contributed by atoms with van der Waals surface area (Å²) >= 11 is 13.5. The van der Waals surface area contributed by atoms with E-state index >= 15 is 0 Å². The van der Waals surface area contributed by atoms with E-state index in [9.17, 15) is 5.26 Å². The molecule has 4 N–H and O–H groups in total. The molecule has 0 aliphatic rings. The lowest BCUT2D eigenvalue weighted by molar-refractivity contribution is 0.935. The van der Waals surface area contributed by atoms with E-state index in [0.29, 0.717) is 55.7 Å². The molecule has 3 heterocycles. The van der Waals surface area contributed by atoms with Crippen molar-refractivity contribution in [1.29, 1.82) is 10.5 Å². The molecule has 31 heavy (non-hydrogen) atoms. The maximum Gasteiger partial charge on any atom is 0.186 e. The van der Waals surface area contributed by atoms with Gasteiger partial charge in [0.25, 0.3) is 0 Å². The van der Waals surface area contributed by atoms with Gasteiger partial charge in [-0.1, -0.05) is 34.5 Å². The minimum absolute atomic E-state index is 0.210. The lowest BCUT2D eigenvalue weighted by atomic mass is 10.1. The van der Waals surface area contributed by atoms with Crippen LogP contribution in [0.4, 0.5) is 16.8 Å². The Morgan fingerprint density at radius 2 is 1.90 bits per heavy atom. The monoisotopic (exact) mass is 469 g/mol. The smallest absolute Gasteiger partial charge is 0.186 e. The van der Waals surface area contributed by atoms with E-state index in [-0.39, 0.29) is 11.5 Å². The highest BCUT2D eigenvalue weighted by Crippen LogP contribution is 2.31. The summed E-state index contributed by atoms with van der Waals surface area (Å²) in [5, 5.41) is 30.3. The Labute approximate surface area is 190 Å². The van der Waals surface area contributed by atoms with Crippen molar-refractivity contribution in [3.8, 4) is 23.4 Å². The van der Waals surface area contributed by atoms with E-state index in [1.54, 1.807) is 35.0 Å². The predicted octanol–water partition coefficient (Wildman–Crippen LogP) is 4.01. The van der Waals surface area contributed by atoms with Gasteiger partial charge >= 0.3 is 0 Å². The summed E-state index contributed by atoms with van der Waals surface area (Å²) < 4.78 is 1.59. The quantitative estimate of drug-likeness (QED) is 0.359. The minimum atomic E-state index is 0.210. The molecule has 12 heteroatoms. The van der Waals surface area contributed by atoms with Crippen LogP contribution in [0, 0.1) is 22.7 Å². The number of thiazole rings is 1. The predicted molar refractivity (Wildman–Crippen MR) is 121 cm³/mol. The van der Waals surface area contributed by atoms with Gasteiger partial charge in [-0.3, -0.25) is 0 Å². The van der Waals surface area contributed by atoms with Crippen LogP contribution in [0.3, 0.4) is 0 Å². The van der Waals surface area contributed by atoms with Gasteiger partial charge in [0.2, 0.25) is 0 Å². The summed E-state index contributed by atoms with van der Waals surface area (Å²) in [4.78, 5) is 9.15. The highest BCUT2D eigenvalue weighted by atomic mass is 35.5. The molecular formula is C19H13Cl2N9S. The Bertz CT molecular complexity index is 1360. The summed E-state index contributed by atoms with van der Waals surface area (Å²) in [5.74, 6) is 0.748. The fourth-order valence-electron chi connectivity index (χ4n) is 2.84. The van der Waals surface area contributed by atoms with Crippen LogP contribution in [0.1, 0.15) is 10.6 Å². The van der Waals surface area contributed by atoms with Crippen molar-refractivity contribution in [3.63, 3.8) is 0 Å². The second-order valence-electron chi connectivity index (χ2n) is 6.27. The molecule has 0 saturated heterocycles. The van der Waals surface area contributed by atoms with Crippen LogP contribution < -0.4 is 16.4 Å². The fourth-order valence-corrected chi connectivity index (χ4v) is 4.05. The summed E-state index contributed by atoms with van der Waals surface area (Å²) in [6.45, 7) is 0.978. The van der Waals surface area contributed by atoms with Crippen molar-refractivity contribution < 1.29 is 0 Å². The molecular weight excluding hydrogens is 457 g/mol. The second kappa shape index (κ2) is 8.66. The van der Waals surface area contributed by atoms with Crippen molar-refractivity contribution in [3.05, 3.63) is 51.1 Å². The van der Waals surface area contributed by atoms with E-state index in [0.717, 1.165) is 0 Å². The zero-order valence-electron chi connectivity index (χ0n) is 15.7. The SMILES string of the molecule is N#Cc1cc2c(NCCNc3nc(N)c(C#N)s3)nc(-c3ccc(Cl)cc3Cl)cn2n1. The highest BCUT2D eigenvalue weighted by Gasteiger charge is 2.14. The summed E-state index contributed by atoms with van der Waals surface area (Å²) in [5.41, 5.74) is 7.85. The third-order valence-electron chi connectivity index (χ3n) is 4.23. The molecule has 0 saturated carbocycles. The first-order chi connectivity index (χ1) is 15.0. The van der Waals surface area contributed by atoms with E-state index in [1.807, 2.05) is 12.1 Å². The molecule has 0 atom stereocenters. The van der Waals surface area contributed by atoms with E-state index in [1.165, 1.54) is 11.3 Å². The molecule has 4 rings (SSSR count). The van der Waals surface area contributed by atoms with Gasteiger partial charge in [0.05, 0.1) is 16.9 Å². The van der Waals surface area contributed by atoms with Crippen molar-refractivity contribution in [2.24, 2.45) is 0 Å². The van der Waals surface area contributed by atoms with Crippen LogP contribution in [0.25, 0.3) is 16.8 Å². The van der Waals surface area contributed by atoms with Gasteiger partial charge in [0.15, 0.2) is 22.5 Å². The third kappa shape index (κ3) is 4.32. The molecule has 0 fully saturated rings. The average Bonchev–Trinajstić information content (AvgIpc) is 3.33. The molecule has 0 aliphatic carbocycles. The summed E-state index contributed by atoms with van der Waals surface area (Å²) in [6, 6.07) is 10.8. The number of nitrogen functional groups attached to an aromatic ring is 1. The molecule has 0 aliphatic heterocycles. The zero-order chi connectivity index (χ0) is 22.0. The lowest BCUT2D eigenvalue weighted by Gasteiger charge is -2.11. The van der Waals surface area contributed by atoms with Crippen LogP contribution in [0.2, 0.25) is 10.0 Å². The Kier molecular flexibility index (Phi) is 5.78. The maximum atomic E-state index is 9.22. The molecule has 1 aromatic carbocycles. The molecule has 4 aromatic rings. The van der Waals surface area contributed by atoms with Crippen molar-refractivity contribution in [1.82, 2.24) is 19.6 Å². The first-order valence-electron chi connectivity index (χ1n) is 8.88. The fraction of sp³-hybridized carbons (Fsp3) is 0.105. The van der Waals surface area contributed by atoms with E-state index < -0.39 is 0 Å². The number of hydrogen-bond donors (Lipinski definition) is 3. The minimum Gasteiger partial charge on any atom is -0.382 e. The second-order valence-corrected chi connectivity index (χ2v) is 8.11. The number of nitrogens with one attached hydrogen (secondary N) is 2. The number of anilines is 3. The van der Waals surface area contributed by atoms with Gasteiger partial charge < -0.3 is 16.4 Å². The third-order valence-corrected chi connectivity index (χ3v) is 5.71. The number of nitrogens with zero attached hydrogens (tertiary/aromatic N) is 6. The number of halogens is 2. The number of aromatic nitrogens is 4. The Hall–Kier alpha value is -3.57. The Morgan fingerprint density at radius 1 is 1.10 bits per heavy atom. The number of benzene rings is 1. The number of hydrogen-bond acceptors (Lipinski definition) is 9. The van der Waals surface area contributed by atoms with Gasteiger partial charge in [0, 0.05) is 29.7 Å². The van der Waals surface area contributed by atoms with Crippen molar-refractivity contribution in [2.75, 3.05) is 29.5 Å². The van der Waals surface area contributed by atoms with E-state index in [4.69, 9.17) is 34.2 Å². The van der Waals surface area contributed by atoms with Gasteiger partial charge in [-0.15, -0.1) is 0 Å². The molecule has 0 radical (unpaired) electrons. The van der Waals surface area contributed by atoms with Crippen LogP contribution in [0.15, 0.2) is 30.5 Å². The van der Waals surface area contributed by atoms with Gasteiger partial charge in [0.1, 0.15) is 22.5 Å². The first-order valence-corrected chi connectivity index (χ1v) is 10.5. The van der Waals surface area contributed by atoms with E-state index in [2.05, 4.69) is 25.7 Å². The molecule has 9 nitrogen and oxygen atoms in total. The molecule has 154 valence electrons. The number of fused-ring (bicyclic) bond motifs is 1. The van der Waals surface area contributed by atoms with Crippen molar-refractivity contribution >= 4 is 56.8 Å². The number of rotatable bonds is 6. The zero-order valence-corrected chi connectivity index (χ0v) is 18.1. The lowest BCUT2D eigenvalue weighted by Crippen LogP contribution is -2.15. The molecule has 0 bridgehead atoms. The molecule has 0 spiro atoms. The molecule has 0 unspecified atom stereocenters. The Morgan fingerprint density at radius 3 is 2.61 bits per heavy atom. The average molecular weight is 470 g/mol. The maximum absolute atomic E-state index is 9.22. The standard InChI is InChI=1S/C19H13Cl2N9S/c20-10-1-2-12(13(21)5-10)14-9-30-15(6-11(7-22)29-30)18(27-14)25-3-4-26-19-28-17(24)16(8-23)31-19/h1-2,5-6,9H,3-4,24H2,(H,25,27)(H,26,28).